The van der Waals surface area contributed by atoms with Gasteiger partial charge < -0.3 is 19.3 Å². The number of hydrogen-bond acceptors (Lipinski definition) is 4. The van der Waals surface area contributed by atoms with E-state index in [9.17, 15) is 5.11 Å². The maximum absolute atomic E-state index is 11.2. The standard InChI is InChI=1S/C16H28O4/c1-4-5-9-18-12-7-6-8-16(17)11(12)10-13-14(16)20-15(2,3)19-13/h11-14,17H,4-10H2,1-3H3/t11-,12-,13-,14-,16-/m0/s1. The zero-order valence-corrected chi connectivity index (χ0v) is 12.9. The third-order valence-electron chi connectivity index (χ3n) is 5.15. The van der Waals surface area contributed by atoms with Gasteiger partial charge in [0.1, 0.15) is 6.10 Å². The van der Waals surface area contributed by atoms with Crippen LogP contribution in [-0.4, -0.2) is 41.4 Å². The lowest BCUT2D eigenvalue weighted by Crippen LogP contribution is -2.52. The van der Waals surface area contributed by atoms with Crippen LogP contribution >= 0.6 is 0 Å². The second kappa shape index (κ2) is 5.24. The summed E-state index contributed by atoms with van der Waals surface area (Å²) in [6, 6.07) is 0. The van der Waals surface area contributed by atoms with E-state index in [1.54, 1.807) is 0 Å². The highest BCUT2D eigenvalue weighted by Gasteiger charge is 2.64. The maximum Gasteiger partial charge on any atom is 0.163 e. The Morgan fingerprint density at radius 1 is 1.30 bits per heavy atom. The van der Waals surface area contributed by atoms with Crippen LogP contribution in [0, 0.1) is 5.92 Å². The van der Waals surface area contributed by atoms with Gasteiger partial charge in [-0.25, -0.2) is 0 Å². The summed E-state index contributed by atoms with van der Waals surface area (Å²) in [4.78, 5) is 0. The highest BCUT2D eigenvalue weighted by molar-refractivity contribution is 5.12. The molecule has 20 heavy (non-hydrogen) atoms. The van der Waals surface area contributed by atoms with Gasteiger partial charge in [0.25, 0.3) is 0 Å². The Balaban J connectivity index is 1.71. The first kappa shape index (κ1) is 14.8. The van der Waals surface area contributed by atoms with Crippen molar-refractivity contribution >= 4 is 0 Å². The van der Waals surface area contributed by atoms with Crippen molar-refractivity contribution in [2.75, 3.05) is 6.61 Å². The Bertz CT molecular complexity index is 356. The fourth-order valence-electron chi connectivity index (χ4n) is 4.26. The van der Waals surface area contributed by atoms with E-state index in [-0.39, 0.29) is 24.2 Å². The van der Waals surface area contributed by atoms with E-state index in [1.807, 2.05) is 13.8 Å². The number of rotatable bonds is 4. The number of unbranched alkanes of at least 4 members (excludes halogenated alkanes) is 1. The Labute approximate surface area is 121 Å². The van der Waals surface area contributed by atoms with Crippen LogP contribution in [0.5, 0.6) is 0 Å². The zero-order chi connectivity index (χ0) is 14.4. The van der Waals surface area contributed by atoms with Gasteiger partial charge >= 0.3 is 0 Å². The van der Waals surface area contributed by atoms with Crippen LogP contribution in [0.2, 0.25) is 0 Å². The molecule has 0 bridgehead atoms. The summed E-state index contributed by atoms with van der Waals surface area (Å²) in [5.74, 6) is -0.398. The fraction of sp³-hybridized carbons (Fsp3) is 1.00. The van der Waals surface area contributed by atoms with Crippen LogP contribution < -0.4 is 0 Å². The molecule has 2 aliphatic carbocycles. The van der Waals surface area contributed by atoms with Crippen molar-refractivity contribution in [2.45, 2.75) is 89.0 Å². The lowest BCUT2D eigenvalue weighted by Gasteiger charge is -2.42. The van der Waals surface area contributed by atoms with E-state index in [2.05, 4.69) is 6.92 Å². The summed E-state index contributed by atoms with van der Waals surface area (Å²) >= 11 is 0. The third kappa shape index (κ3) is 2.41. The molecule has 2 saturated carbocycles. The summed E-state index contributed by atoms with van der Waals surface area (Å²) < 4.78 is 18.0. The summed E-state index contributed by atoms with van der Waals surface area (Å²) in [5.41, 5.74) is -0.756. The molecule has 0 aromatic heterocycles. The van der Waals surface area contributed by atoms with Gasteiger partial charge in [-0.1, -0.05) is 13.3 Å². The molecule has 0 unspecified atom stereocenters. The second-order valence-corrected chi connectivity index (χ2v) is 7.08. The van der Waals surface area contributed by atoms with Gasteiger partial charge in [-0.15, -0.1) is 0 Å². The van der Waals surface area contributed by atoms with Crippen molar-refractivity contribution < 1.29 is 19.3 Å². The largest absolute Gasteiger partial charge is 0.387 e. The Morgan fingerprint density at radius 3 is 2.85 bits per heavy atom. The van der Waals surface area contributed by atoms with Crippen molar-refractivity contribution in [1.82, 2.24) is 0 Å². The van der Waals surface area contributed by atoms with E-state index in [1.165, 1.54) is 0 Å². The van der Waals surface area contributed by atoms with Crippen LogP contribution in [0.25, 0.3) is 0 Å². The quantitative estimate of drug-likeness (QED) is 0.806. The molecule has 4 nitrogen and oxygen atoms in total. The fourth-order valence-corrected chi connectivity index (χ4v) is 4.26. The van der Waals surface area contributed by atoms with Crippen LogP contribution in [0.1, 0.15) is 59.3 Å². The molecule has 4 heteroatoms. The number of ether oxygens (including phenoxy) is 3. The van der Waals surface area contributed by atoms with Crippen molar-refractivity contribution in [2.24, 2.45) is 5.92 Å². The number of hydrogen-bond donors (Lipinski definition) is 1. The minimum atomic E-state index is -0.756. The van der Waals surface area contributed by atoms with E-state index in [0.29, 0.717) is 0 Å². The normalized spacial score (nSPS) is 46.2. The third-order valence-corrected chi connectivity index (χ3v) is 5.15. The van der Waals surface area contributed by atoms with Crippen molar-refractivity contribution in [3.05, 3.63) is 0 Å². The molecule has 3 fully saturated rings. The smallest absolute Gasteiger partial charge is 0.163 e. The van der Waals surface area contributed by atoms with Crippen LogP contribution in [-0.2, 0) is 14.2 Å². The predicted octanol–water partition coefficient (Wildman–Crippen LogP) is 2.63. The molecule has 0 amide bonds. The van der Waals surface area contributed by atoms with Gasteiger partial charge in [-0.3, -0.25) is 0 Å². The molecule has 1 aliphatic heterocycles. The first-order chi connectivity index (χ1) is 9.46. The van der Waals surface area contributed by atoms with Gasteiger partial charge in [-0.05, 0) is 46.0 Å². The highest BCUT2D eigenvalue weighted by atomic mass is 16.8. The van der Waals surface area contributed by atoms with Gasteiger partial charge in [0.2, 0.25) is 0 Å². The molecule has 0 aromatic carbocycles. The molecule has 0 radical (unpaired) electrons. The predicted molar refractivity (Wildman–Crippen MR) is 75.4 cm³/mol. The van der Waals surface area contributed by atoms with Crippen LogP contribution in [0.15, 0.2) is 0 Å². The van der Waals surface area contributed by atoms with Gasteiger partial charge in [0.05, 0.1) is 17.8 Å². The molecule has 0 aromatic rings. The van der Waals surface area contributed by atoms with Gasteiger partial charge in [0.15, 0.2) is 5.79 Å². The molecule has 3 aliphatic rings. The lowest BCUT2D eigenvalue weighted by atomic mass is 9.75. The Hall–Kier alpha value is -0.160. The number of fused-ring (bicyclic) bond motifs is 3. The van der Waals surface area contributed by atoms with Gasteiger partial charge in [-0.2, -0.15) is 0 Å². The first-order valence-electron chi connectivity index (χ1n) is 8.16. The zero-order valence-electron chi connectivity index (χ0n) is 12.9. The molecule has 116 valence electrons. The molecule has 1 heterocycles. The summed E-state index contributed by atoms with van der Waals surface area (Å²) in [6.07, 6.45) is 5.99. The van der Waals surface area contributed by atoms with Crippen molar-refractivity contribution in [1.29, 1.82) is 0 Å². The molecule has 3 rings (SSSR count). The van der Waals surface area contributed by atoms with Crippen molar-refractivity contribution in [3.8, 4) is 0 Å². The summed E-state index contributed by atoms with van der Waals surface area (Å²) in [5, 5.41) is 11.2. The second-order valence-electron chi connectivity index (χ2n) is 7.08. The molecular formula is C16H28O4. The minimum absolute atomic E-state index is 0.0235. The van der Waals surface area contributed by atoms with Gasteiger partial charge in [0, 0.05) is 12.5 Å². The topological polar surface area (TPSA) is 47.9 Å². The van der Waals surface area contributed by atoms with Crippen LogP contribution in [0.4, 0.5) is 0 Å². The maximum atomic E-state index is 11.2. The monoisotopic (exact) mass is 284 g/mol. The van der Waals surface area contributed by atoms with Crippen molar-refractivity contribution in [3.63, 3.8) is 0 Å². The summed E-state index contributed by atoms with van der Waals surface area (Å²) in [7, 11) is 0. The average molecular weight is 284 g/mol. The molecule has 0 spiro atoms. The number of aliphatic hydroxyl groups is 1. The minimum Gasteiger partial charge on any atom is -0.387 e. The SMILES string of the molecule is CCCCO[C@H]1CCC[C@]2(O)[C@H]1C[C@@H]1OC(C)(C)O[C@@H]12. The Kier molecular flexibility index (Phi) is 3.87. The van der Waals surface area contributed by atoms with E-state index >= 15 is 0 Å². The molecule has 5 atom stereocenters. The average Bonchev–Trinajstić information content (AvgIpc) is 2.81. The van der Waals surface area contributed by atoms with E-state index in [4.69, 9.17) is 14.2 Å². The Morgan fingerprint density at radius 2 is 2.10 bits per heavy atom. The summed E-state index contributed by atoms with van der Waals surface area (Å²) in [6.45, 7) is 6.84. The first-order valence-corrected chi connectivity index (χ1v) is 8.16. The molecule has 1 N–H and O–H groups in total. The highest BCUT2D eigenvalue weighted by Crippen LogP contribution is 2.53. The van der Waals surface area contributed by atoms with E-state index in [0.717, 1.165) is 45.1 Å². The lowest BCUT2D eigenvalue weighted by molar-refractivity contribution is -0.209. The molecular weight excluding hydrogens is 256 g/mol. The van der Waals surface area contributed by atoms with E-state index < -0.39 is 11.4 Å². The molecule has 1 saturated heterocycles. The van der Waals surface area contributed by atoms with Crippen LogP contribution in [0.3, 0.4) is 0 Å².